The first-order valence-electron chi connectivity index (χ1n) is 5.18. The Morgan fingerprint density at radius 1 is 1.47 bits per heavy atom. The first-order chi connectivity index (χ1) is 7.16. The van der Waals surface area contributed by atoms with Crippen molar-refractivity contribution in [2.24, 2.45) is 0 Å². The lowest BCUT2D eigenvalue weighted by Gasteiger charge is -2.30. The molecular formula is C11H14BrClN2. The highest BCUT2D eigenvalue weighted by molar-refractivity contribution is 9.10. The molecule has 0 amide bonds. The molecule has 1 aromatic rings. The quantitative estimate of drug-likeness (QED) is 0.737. The predicted octanol–water partition coefficient (Wildman–Crippen LogP) is 3.36. The SMILES string of the molecule is Cc1cnc(N2CCC(Cl)CC2)c(Br)c1. The molecular weight excluding hydrogens is 275 g/mol. The molecule has 2 nitrogen and oxygen atoms in total. The summed E-state index contributed by atoms with van der Waals surface area (Å²) in [4.78, 5) is 6.76. The Morgan fingerprint density at radius 3 is 2.73 bits per heavy atom. The predicted molar refractivity (Wildman–Crippen MR) is 67.8 cm³/mol. The highest BCUT2D eigenvalue weighted by Crippen LogP contribution is 2.27. The Bertz CT molecular complexity index is 348. The Morgan fingerprint density at radius 2 is 2.13 bits per heavy atom. The number of pyridine rings is 1. The van der Waals surface area contributed by atoms with Crippen LogP contribution in [0.4, 0.5) is 5.82 Å². The molecule has 82 valence electrons. The highest BCUT2D eigenvalue weighted by atomic mass is 79.9. The van der Waals surface area contributed by atoms with Gasteiger partial charge in [0.2, 0.25) is 0 Å². The van der Waals surface area contributed by atoms with Gasteiger partial charge in [-0.05, 0) is 47.3 Å². The molecule has 0 radical (unpaired) electrons. The number of halogens is 2. The van der Waals surface area contributed by atoms with E-state index in [4.69, 9.17) is 11.6 Å². The molecule has 1 fully saturated rings. The van der Waals surface area contributed by atoms with Crippen LogP contribution in [0.5, 0.6) is 0 Å². The van der Waals surface area contributed by atoms with Crippen LogP contribution >= 0.6 is 27.5 Å². The van der Waals surface area contributed by atoms with E-state index in [0.29, 0.717) is 5.38 Å². The van der Waals surface area contributed by atoms with Crippen LogP contribution in [0.2, 0.25) is 0 Å². The maximum Gasteiger partial charge on any atom is 0.142 e. The normalized spacial score (nSPS) is 18.2. The second kappa shape index (κ2) is 4.71. The lowest BCUT2D eigenvalue weighted by Crippen LogP contribution is -2.34. The van der Waals surface area contributed by atoms with Gasteiger partial charge in [0.15, 0.2) is 0 Å². The summed E-state index contributed by atoms with van der Waals surface area (Å²) in [5.74, 6) is 1.05. The summed E-state index contributed by atoms with van der Waals surface area (Å²) < 4.78 is 1.08. The van der Waals surface area contributed by atoms with Gasteiger partial charge in [-0.25, -0.2) is 4.98 Å². The first-order valence-corrected chi connectivity index (χ1v) is 6.41. The number of aromatic nitrogens is 1. The Hall–Kier alpha value is -0.280. The van der Waals surface area contributed by atoms with Gasteiger partial charge >= 0.3 is 0 Å². The molecule has 0 aromatic carbocycles. The highest BCUT2D eigenvalue weighted by Gasteiger charge is 2.19. The van der Waals surface area contributed by atoms with Gasteiger partial charge in [0.05, 0.1) is 4.47 Å². The van der Waals surface area contributed by atoms with Crippen LogP contribution in [-0.4, -0.2) is 23.5 Å². The van der Waals surface area contributed by atoms with Gasteiger partial charge in [0.1, 0.15) is 5.82 Å². The second-order valence-electron chi connectivity index (χ2n) is 3.98. The van der Waals surface area contributed by atoms with Crippen LogP contribution in [0.3, 0.4) is 0 Å². The summed E-state index contributed by atoms with van der Waals surface area (Å²) in [5.41, 5.74) is 1.18. The molecule has 2 rings (SSSR count). The van der Waals surface area contributed by atoms with Gasteiger partial charge in [-0.15, -0.1) is 11.6 Å². The number of anilines is 1. The van der Waals surface area contributed by atoms with Crippen LogP contribution in [0.1, 0.15) is 18.4 Å². The largest absolute Gasteiger partial charge is 0.356 e. The minimum Gasteiger partial charge on any atom is -0.356 e. The molecule has 0 atom stereocenters. The topological polar surface area (TPSA) is 16.1 Å². The summed E-state index contributed by atoms with van der Waals surface area (Å²) in [6, 6.07) is 2.11. The zero-order valence-electron chi connectivity index (χ0n) is 8.71. The molecule has 4 heteroatoms. The second-order valence-corrected chi connectivity index (χ2v) is 5.45. The maximum absolute atomic E-state index is 6.08. The third-order valence-electron chi connectivity index (χ3n) is 2.68. The number of aryl methyl sites for hydroxylation is 1. The fourth-order valence-electron chi connectivity index (χ4n) is 1.82. The van der Waals surface area contributed by atoms with Gasteiger partial charge in [0, 0.05) is 24.7 Å². The van der Waals surface area contributed by atoms with E-state index in [-0.39, 0.29) is 0 Å². The maximum atomic E-state index is 6.08. The molecule has 1 saturated heterocycles. The van der Waals surface area contributed by atoms with Gasteiger partial charge in [0.25, 0.3) is 0 Å². The molecule has 2 heterocycles. The average molecular weight is 290 g/mol. The number of piperidine rings is 1. The average Bonchev–Trinajstić information content (AvgIpc) is 2.20. The van der Waals surface area contributed by atoms with Crippen LogP contribution in [0.15, 0.2) is 16.7 Å². The van der Waals surface area contributed by atoms with Crippen molar-refractivity contribution in [2.75, 3.05) is 18.0 Å². The molecule has 0 aliphatic carbocycles. The van der Waals surface area contributed by atoms with Crippen molar-refractivity contribution in [1.82, 2.24) is 4.98 Å². The molecule has 0 bridgehead atoms. The smallest absolute Gasteiger partial charge is 0.142 e. The summed E-state index contributed by atoms with van der Waals surface area (Å²) in [6.07, 6.45) is 4.00. The Balaban J connectivity index is 2.15. The van der Waals surface area contributed by atoms with E-state index in [1.807, 2.05) is 13.1 Å². The number of rotatable bonds is 1. The van der Waals surface area contributed by atoms with Crippen molar-refractivity contribution < 1.29 is 0 Å². The third-order valence-corrected chi connectivity index (χ3v) is 3.70. The molecule has 1 aliphatic rings. The lowest BCUT2D eigenvalue weighted by molar-refractivity contribution is 0.579. The zero-order chi connectivity index (χ0) is 10.8. The van der Waals surface area contributed by atoms with E-state index in [0.717, 1.165) is 36.2 Å². The summed E-state index contributed by atoms with van der Waals surface area (Å²) in [7, 11) is 0. The first kappa shape index (κ1) is 11.2. The molecule has 0 saturated carbocycles. The minimum absolute atomic E-state index is 0.338. The number of hydrogen-bond donors (Lipinski definition) is 0. The van der Waals surface area contributed by atoms with E-state index in [2.05, 4.69) is 31.9 Å². The van der Waals surface area contributed by atoms with Gasteiger partial charge in [-0.2, -0.15) is 0 Å². The Kier molecular flexibility index (Phi) is 3.52. The van der Waals surface area contributed by atoms with Crippen molar-refractivity contribution in [2.45, 2.75) is 25.1 Å². The lowest BCUT2D eigenvalue weighted by atomic mass is 10.1. The van der Waals surface area contributed by atoms with Crippen LogP contribution < -0.4 is 4.90 Å². The zero-order valence-corrected chi connectivity index (χ0v) is 11.1. The molecule has 0 spiro atoms. The van der Waals surface area contributed by atoms with E-state index >= 15 is 0 Å². The Labute approximate surface area is 104 Å². The van der Waals surface area contributed by atoms with Gasteiger partial charge < -0.3 is 4.90 Å². The van der Waals surface area contributed by atoms with E-state index in [9.17, 15) is 0 Å². The number of nitrogens with zero attached hydrogens (tertiary/aromatic N) is 2. The summed E-state index contributed by atoms with van der Waals surface area (Å²) >= 11 is 9.64. The van der Waals surface area contributed by atoms with E-state index in [1.165, 1.54) is 5.56 Å². The minimum atomic E-state index is 0.338. The number of hydrogen-bond acceptors (Lipinski definition) is 2. The molecule has 0 N–H and O–H groups in total. The summed E-state index contributed by atoms with van der Waals surface area (Å²) in [6.45, 7) is 4.05. The fourth-order valence-corrected chi connectivity index (χ4v) is 2.73. The van der Waals surface area contributed by atoms with Crippen molar-refractivity contribution >= 4 is 33.3 Å². The standard InChI is InChI=1S/C11H14BrClN2/c1-8-6-10(12)11(14-7-8)15-4-2-9(13)3-5-15/h6-7,9H,2-5H2,1H3. The molecule has 1 aliphatic heterocycles. The van der Waals surface area contributed by atoms with Gasteiger partial charge in [-0.3, -0.25) is 0 Å². The van der Waals surface area contributed by atoms with Crippen molar-refractivity contribution in [3.63, 3.8) is 0 Å². The molecule has 0 unspecified atom stereocenters. The van der Waals surface area contributed by atoms with Crippen LogP contribution in [-0.2, 0) is 0 Å². The van der Waals surface area contributed by atoms with Crippen molar-refractivity contribution in [1.29, 1.82) is 0 Å². The number of alkyl halides is 1. The monoisotopic (exact) mass is 288 g/mol. The third kappa shape index (κ3) is 2.64. The van der Waals surface area contributed by atoms with E-state index < -0.39 is 0 Å². The van der Waals surface area contributed by atoms with E-state index in [1.54, 1.807) is 0 Å². The van der Waals surface area contributed by atoms with Gasteiger partial charge in [-0.1, -0.05) is 0 Å². The fraction of sp³-hybridized carbons (Fsp3) is 0.545. The molecule has 15 heavy (non-hydrogen) atoms. The van der Waals surface area contributed by atoms with Crippen LogP contribution in [0, 0.1) is 6.92 Å². The van der Waals surface area contributed by atoms with Crippen molar-refractivity contribution in [3.8, 4) is 0 Å². The van der Waals surface area contributed by atoms with Crippen LogP contribution in [0.25, 0.3) is 0 Å². The molecule has 1 aromatic heterocycles. The summed E-state index contributed by atoms with van der Waals surface area (Å²) in [5, 5.41) is 0.338. The van der Waals surface area contributed by atoms with Crippen molar-refractivity contribution in [3.05, 3.63) is 22.3 Å².